The lowest BCUT2D eigenvalue weighted by molar-refractivity contribution is -0.0215. The van der Waals surface area contributed by atoms with E-state index in [1.165, 1.54) is 0 Å². The summed E-state index contributed by atoms with van der Waals surface area (Å²) in [6.45, 7) is 5.74. The van der Waals surface area contributed by atoms with Gasteiger partial charge in [0.15, 0.2) is 0 Å². The van der Waals surface area contributed by atoms with Crippen LogP contribution < -0.4 is 0 Å². The second-order valence-electron chi connectivity index (χ2n) is 3.38. The lowest BCUT2D eigenvalue weighted by Gasteiger charge is -2.30. The molecular weight excluding hydrogens is 168 g/mol. The normalized spacial score (nSPS) is 24.8. The van der Waals surface area contributed by atoms with Crippen LogP contribution in [-0.4, -0.2) is 46.1 Å². The Morgan fingerprint density at radius 1 is 1.77 bits per heavy atom. The Labute approximate surface area is 77.1 Å². The molecule has 0 saturated carbocycles. The Morgan fingerprint density at radius 2 is 2.69 bits per heavy atom. The van der Waals surface area contributed by atoms with Crippen molar-refractivity contribution in [2.75, 3.05) is 19.7 Å². The Hall–Kier alpha value is -0.940. The molecule has 1 unspecified atom stereocenters. The zero-order valence-corrected chi connectivity index (χ0v) is 7.73. The summed E-state index contributed by atoms with van der Waals surface area (Å²) in [5.41, 5.74) is 0.995. The van der Waals surface area contributed by atoms with Gasteiger partial charge in [-0.2, -0.15) is 15.4 Å². The zero-order chi connectivity index (χ0) is 9.10. The van der Waals surface area contributed by atoms with Crippen LogP contribution in [0.25, 0.3) is 0 Å². The summed E-state index contributed by atoms with van der Waals surface area (Å²) in [6.07, 6.45) is 2.10. The van der Waals surface area contributed by atoms with Crippen molar-refractivity contribution in [2.24, 2.45) is 0 Å². The first-order valence-corrected chi connectivity index (χ1v) is 4.53. The van der Waals surface area contributed by atoms with E-state index in [-0.39, 0.29) is 0 Å². The molecule has 0 bridgehead atoms. The molecule has 1 aliphatic rings. The topological polar surface area (TPSA) is 54.0 Å². The van der Waals surface area contributed by atoms with Gasteiger partial charge in [0.05, 0.1) is 24.6 Å². The molecule has 1 aromatic rings. The number of rotatable bonds is 2. The molecule has 1 fully saturated rings. The van der Waals surface area contributed by atoms with Crippen LogP contribution in [-0.2, 0) is 11.3 Å². The van der Waals surface area contributed by atoms with Crippen molar-refractivity contribution in [3.8, 4) is 0 Å². The molecule has 1 atom stereocenters. The molecular formula is C8H14N4O. The van der Waals surface area contributed by atoms with E-state index in [1.54, 1.807) is 6.20 Å². The summed E-state index contributed by atoms with van der Waals surface area (Å²) >= 11 is 0. The molecule has 0 radical (unpaired) electrons. The smallest absolute Gasteiger partial charge is 0.0964 e. The first kappa shape index (κ1) is 8.65. The summed E-state index contributed by atoms with van der Waals surface area (Å²) in [6, 6.07) is 0. The largest absolute Gasteiger partial charge is 0.376 e. The molecule has 2 heterocycles. The van der Waals surface area contributed by atoms with Gasteiger partial charge in [0.1, 0.15) is 0 Å². The summed E-state index contributed by atoms with van der Waals surface area (Å²) in [5, 5.41) is 10.4. The fraction of sp³-hybridized carbons (Fsp3) is 0.750. The maximum atomic E-state index is 5.44. The molecule has 1 N–H and O–H groups in total. The second kappa shape index (κ2) is 3.85. The summed E-state index contributed by atoms with van der Waals surface area (Å²) in [4.78, 5) is 2.33. The van der Waals surface area contributed by atoms with Gasteiger partial charge in [-0.05, 0) is 6.92 Å². The van der Waals surface area contributed by atoms with E-state index in [4.69, 9.17) is 4.74 Å². The van der Waals surface area contributed by atoms with Crippen LogP contribution in [0.5, 0.6) is 0 Å². The van der Waals surface area contributed by atoms with Crippen molar-refractivity contribution in [3.05, 3.63) is 11.9 Å². The maximum Gasteiger partial charge on any atom is 0.0964 e. The third-order valence-corrected chi connectivity index (χ3v) is 2.18. The number of aromatic nitrogens is 3. The van der Waals surface area contributed by atoms with Gasteiger partial charge in [0.25, 0.3) is 0 Å². The summed E-state index contributed by atoms with van der Waals surface area (Å²) < 4.78 is 5.44. The Morgan fingerprint density at radius 3 is 3.38 bits per heavy atom. The Bertz CT molecular complexity index is 249. The van der Waals surface area contributed by atoms with Crippen LogP contribution >= 0.6 is 0 Å². The molecule has 5 nitrogen and oxygen atoms in total. The highest BCUT2D eigenvalue weighted by Gasteiger charge is 2.17. The van der Waals surface area contributed by atoms with Crippen LogP contribution in [0.1, 0.15) is 12.6 Å². The van der Waals surface area contributed by atoms with Crippen LogP contribution in [0.4, 0.5) is 0 Å². The second-order valence-corrected chi connectivity index (χ2v) is 3.38. The van der Waals surface area contributed by atoms with Crippen molar-refractivity contribution in [3.63, 3.8) is 0 Å². The maximum absolute atomic E-state index is 5.44. The molecule has 0 aliphatic carbocycles. The van der Waals surface area contributed by atoms with E-state index in [2.05, 4.69) is 27.2 Å². The van der Waals surface area contributed by atoms with Crippen molar-refractivity contribution in [2.45, 2.75) is 19.6 Å². The number of nitrogens with zero attached hydrogens (tertiary/aromatic N) is 3. The van der Waals surface area contributed by atoms with Gasteiger partial charge in [-0.1, -0.05) is 0 Å². The third-order valence-electron chi connectivity index (χ3n) is 2.18. The highest BCUT2D eigenvalue weighted by molar-refractivity contribution is 4.90. The lowest BCUT2D eigenvalue weighted by Crippen LogP contribution is -2.40. The predicted octanol–water partition coefficient (Wildman–Crippen LogP) is 0.0254. The van der Waals surface area contributed by atoms with E-state index in [1.807, 2.05) is 0 Å². The van der Waals surface area contributed by atoms with Crippen LogP contribution in [0.15, 0.2) is 6.20 Å². The minimum atomic E-state index is 0.334. The number of ether oxygens (including phenoxy) is 1. The van der Waals surface area contributed by atoms with Gasteiger partial charge < -0.3 is 4.74 Å². The molecule has 0 aromatic carbocycles. The van der Waals surface area contributed by atoms with Gasteiger partial charge in [0, 0.05) is 19.6 Å². The van der Waals surface area contributed by atoms with Crippen molar-refractivity contribution >= 4 is 0 Å². The van der Waals surface area contributed by atoms with Crippen LogP contribution in [0.3, 0.4) is 0 Å². The van der Waals surface area contributed by atoms with Crippen molar-refractivity contribution in [1.82, 2.24) is 20.3 Å². The monoisotopic (exact) mass is 182 g/mol. The highest BCUT2D eigenvalue weighted by Crippen LogP contribution is 2.07. The van der Waals surface area contributed by atoms with Crippen LogP contribution in [0, 0.1) is 0 Å². The minimum absolute atomic E-state index is 0.334. The van der Waals surface area contributed by atoms with Crippen LogP contribution in [0.2, 0.25) is 0 Å². The third kappa shape index (κ3) is 2.26. The summed E-state index contributed by atoms with van der Waals surface area (Å²) in [7, 11) is 0. The number of H-pyrrole nitrogens is 1. The molecule has 13 heavy (non-hydrogen) atoms. The highest BCUT2D eigenvalue weighted by atomic mass is 16.5. The fourth-order valence-corrected chi connectivity index (χ4v) is 1.56. The average molecular weight is 182 g/mol. The Kier molecular flexibility index (Phi) is 2.56. The molecule has 72 valence electrons. The standard InChI is InChI=1S/C8H14N4O/c1-7-5-12(2-3-13-7)6-8-4-9-11-10-8/h4,7H,2-3,5-6H2,1H3,(H,9,10,11). The fourth-order valence-electron chi connectivity index (χ4n) is 1.56. The zero-order valence-electron chi connectivity index (χ0n) is 7.73. The molecule has 1 saturated heterocycles. The van der Waals surface area contributed by atoms with Gasteiger partial charge in [0.2, 0.25) is 0 Å². The predicted molar refractivity (Wildman–Crippen MR) is 47.1 cm³/mol. The lowest BCUT2D eigenvalue weighted by atomic mass is 10.3. The van der Waals surface area contributed by atoms with E-state index in [0.29, 0.717) is 6.10 Å². The number of aromatic amines is 1. The van der Waals surface area contributed by atoms with Crippen molar-refractivity contribution in [1.29, 1.82) is 0 Å². The molecule has 1 aromatic heterocycles. The van der Waals surface area contributed by atoms with Crippen molar-refractivity contribution < 1.29 is 4.74 Å². The number of nitrogens with one attached hydrogen (secondary N) is 1. The van der Waals surface area contributed by atoms with Gasteiger partial charge in [-0.25, -0.2) is 0 Å². The number of morpholine rings is 1. The Balaban J connectivity index is 1.87. The average Bonchev–Trinajstić information content (AvgIpc) is 2.57. The van der Waals surface area contributed by atoms with Gasteiger partial charge in [-0.3, -0.25) is 4.90 Å². The molecule has 1 aliphatic heterocycles. The molecule has 0 amide bonds. The number of hydrogen-bond donors (Lipinski definition) is 1. The molecule has 0 spiro atoms. The quantitative estimate of drug-likeness (QED) is 0.701. The SMILES string of the molecule is CC1CN(Cc2cn[nH]n2)CCO1. The van der Waals surface area contributed by atoms with E-state index >= 15 is 0 Å². The first-order valence-electron chi connectivity index (χ1n) is 4.53. The van der Waals surface area contributed by atoms with Gasteiger partial charge in [-0.15, -0.1) is 0 Å². The number of hydrogen-bond acceptors (Lipinski definition) is 4. The van der Waals surface area contributed by atoms with E-state index in [0.717, 1.165) is 31.9 Å². The van der Waals surface area contributed by atoms with Gasteiger partial charge >= 0.3 is 0 Å². The summed E-state index contributed by atoms with van der Waals surface area (Å²) in [5.74, 6) is 0. The molecule has 5 heteroatoms. The van der Waals surface area contributed by atoms with E-state index in [9.17, 15) is 0 Å². The minimum Gasteiger partial charge on any atom is -0.376 e. The molecule has 2 rings (SSSR count). The first-order chi connectivity index (χ1) is 6.34. The van der Waals surface area contributed by atoms with E-state index < -0.39 is 0 Å².